The number of ether oxygens (including phenoxy) is 4. The molecule has 0 aliphatic heterocycles. The predicted octanol–water partition coefficient (Wildman–Crippen LogP) is 6.67. The van der Waals surface area contributed by atoms with Crippen molar-refractivity contribution in [3.8, 4) is 23.0 Å². The van der Waals surface area contributed by atoms with Crippen LogP contribution in [-0.2, 0) is 16.0 Å². The van der Waals surface area contributed by atoms with Gasteiger partial charge in [-0.25, -0.2) is 5.43 Å². The third-order valence-electron chi connectivity index (χ3n) is 8.44. The molecule has 0 bridgehead atoms. The summed E-state index contributed by atoms with van der Waals surface area (Å²) in [4.78, 5) is 57.4. The quantitative estimate of drug-likeness (QED) is 0.0506. The van der Waals surface area contributed by atoms with Crippen molar-refractivity contribution in [2.45, 2.75) is 32.1 Å². The smallest absolute Gasteiger partial charge is 0.240 e. The van der Waals surface area contributed by atoms with Crippen LogP contribution in [0.1, 0.15) is 57.5 Å². The van der Waals surface area contributed by atoms with Crippen LogP contribution >= 0.6 is 22.7 Å². The molecule has 0 saturated heterocycles. The Morgan fingerprint density at radius 1 is 0.672 bits per heavy atom. The number of fused-ring (bicyclic) bond motifs is 2. The average molecular weight is 828 g/mol. The molecule has 3 N–H and O–H groups in total. The Kier molecular flexibility index (Phi) is 17.7. The van der Waals surface area contributed by atoms with E-state index in [1.807, 2.05) is 29.6 Å². The zero-order chi connectivity index (χ0) is 41.9. The normalized spacial score (nSPS) is 10.5. The van der Waals surface area contributed by atoms with Crippen LogP contribution in [0, 0.1) is 0 Å². The molecular formula is C42H45N5O9S2. The summed E-state index contributed by atoms with van der Waals surface area (Å²) in [5.41, 5.74) is 7.20. The van der Waals surface area contributed by atoms with E-state index in [0.29, 0.717) is 47.1 Å². The summed E-state index contributed by atoms with van der Waals surface area (Å²) in [6, 6.07) is 17.7. The predicted molar refractivity (Wildman–Crippen MR) is 226 cm³/mol. The number of nitrogens with one attached hydrogen (secondary N) is 2. The molecule has 16 heteroatoms. The Morgan fingerprint density at radius 2 is 1.19 bits per heavy atom. The molecule has 58 heavy (non-hydrogen) atoms. The third kappa shape index (κ3) is 12.4. The van der Waals surface area contributed by atoms with Gasteiger partial charge in [-0.05, 0) is 78.0 Å². The number of rotatable bonds is 17. The summed E-state index contributed by atoms with van der Waals surface area (Å²) in [6.07, 6.45) is 6.15. The largest absolute Gasteiger partial charge is 0.493 e. The van der Waals surface area contributed by atoms with Crippen LogP contribution in [0.25, 0.3) is 20.4 Å². The van der Waals surface area contributed by atoms with Crippen LogP contribution in [0.15, 0.2) is 88.9 Å². The van der Waals surface area contributed by atoms with E-state index in [4.69, 9.17) is 24.1 Å². The van der Waals surface area contributed by atoms with E-state index in [1.165, 1.54) is 21.3 Å². The van der Waals surface area contributed by atoms with E-state index < -0.39 is 0 Å². The first-order chi connectivity index (χ1) is 28.2. The van der Waals surface area contributed by atoms with E-state index in [9.17, 15) is 19.2 Å². The van der Waals surface area contributed by atoms with E-state index in [0.717, 1.165) is 38.7 Å². The van der Waals surface area contributed by atoms with Crippen LogP contribution in [0.2, 0.25) is 0 Å². The summed E-state index contributed by atoms with van der Waals surface area (Å²) in [5.74, 6) is 1.33. The first-order valence-corrected chi connectivity index (χ1v) is 19.7. The lowest BCUT2D eigenvalue weighted by atomic mass is 10.1. The fourth-order valence-corrected chi connectivity index (χ4v) is 7.31. The summed E-state index contributed by atoms with van der Waals surface area (Å²) in [7, 11) is 7.09. The fourth-order valence-electron chi connectivity index (χ4n) is 5.49. The topological polar surface area (TPSA) is 188 Å². The molecule has 0 aliphatic rings. The number of hydrogen-bond donors (Lipinski definition) is 3. The molecule has 4 heterocycles. The minimum atomic E-state index is -0.336. The minimum Gasteiger partial charge on any atom is -0.493 e. The molecule has 2 aromatic carbocycles. The number of methoxy groups -OCH3 is 4. The van der Waals surface area contributed by atoms with Crippen LogP contribution in [-0.4, -0.2) is 86.8 Å². The SMILES string of the molecule is CO.COc1ccc(C(=O)CCC(=O)N/N=C/c2csc3cccnc23)cc1OC.COc1ccc(C(=O)CCC(=O)NCCc2csc3cccnc23)cc1OC. The zero-order valence-electron chi connectivity index (χ0n) is 32.8. The molecule has 2 amide bonds. The number of hydrogen-bond acceptors (Lipinski definition) is 14. The van der Waals surface area contributed by atoms with Crippen molar-refractivity contribution in [3.63, 3.8) is 0 Å². The molecule has 0 saturated carbocycles. The van der Waals surface area contributed by atoms with Crippen molar-refractivity contribution in [2.75, 3.05) is 42.1 Å². The second-order valence-electron chi connectivity index (χ2n) is 12.0. The Labute approximate surface area is 343 Å². The highest BCUT2D eigenvalue weighted by Crippen LogP contribution is 2.29. The Balaban J connectivity index is 0.000000246. The molecule has 0 aliphatic carbocycles. The van der Waals surface area contributed by atoms with Gasteiger partial charge in [0.15, 0.2) is 34.6 Å². The number of ketones is 2. The lowest BCUT2D eigenvalue weighted by molar-refractivity contribution is -0.121. The highest BCUT2D eigenvalue weighted by atomic mass is 32.1. The van der Waals surface area contributed by atoms with E-state index in [2.05, 4.69) is 31.2 Å². The van der Waals surface area contributed by atoms with Crippen molar-refractivity contribution in [3.05, 3.63) is 106 Å². The number of Topliss-reactive ketones (excluding diaryl/α,β-unsaturated/α-hetero) is 2. The number of thiophene rings is 2. The molecule has 6 aromatic rings. The van der Waals surface area contributed by atoms with Gasteiger partial charge in [0, 0.05) is 73.8 Å². The third-order valence-corrected chi connectivity index (χ3v) is 10.4. The molecule has 0 spiro atoms. The molecule has 304 valence electrons. The monoisotopic (exact) mass is 827 g/mol. The van der Waals surface area contributed by atoms with Gasteiger partial charge in [-0.2, -0.15) is 5.10 Å². The minimum absolute atomic E-state index is 0.0349. The number of amides is 2. The van der Waals surface area contributed by atoms with Crippen LogP contribution in [0.5, 0.6) is 23.0 Å². The first kappa shape index (κ1) is 44.5. The molecule has 0 radical (unpaired) electrons. The Morgan fingerprint density at radius 3 is 1.76 bits per heavy atom. The van der Waals surface area contributed by atoms with Gasteiger partial charge in [0.25, 0.3) is 0 Å². The fraction of sp³-hybridized carbons (Fsp3) is 0.262. The lowest BCUT2D eigenvalue weighted by Gasteiger charge is -2.09. The molecule has 14 nitrogen and oxygen atoms in total. The van der Waals surface area contributed by atoms with Gasteiger partial charge in [-0.15, -0.1) is 22.7 Å². The number of carbonyl (C=O) groups is 4. The van der Waals surface area contributed by atoms with Crippen LogP contribution in [0.3, 0.4) is 0 Å². The molecular weight excluding hydrogens is 783 g/mol. The number of aromatic nitrogens is 2. The van der Waals surface area contributed by atoms with E-state index in [-0.39, 0.29) is 49.1 Å². The number of hydrazone groups is 1. The van der Waals surface area contributed by atoms with Gasteiger partial charge in [0.05, 0.1) is 55.1 Å². The van der Waals surface area contributed by atoms with Gasteiger partial charge >= 0.3 is 0 Å². The molecule has 0 unspecified atom stereocenters. The second kappa shape index (κ2) is 23.1. The average Bonchev–Trinajstić information content (AvgIpc) is 3.89. The molecule has 0 fully saturated rings. The highest BCUT2D eigenvalue weighted by Gasteiger charge is 2.15. The molecule has 4 aromatic heterocycles. The van der Waals surface area contributed by atoms with Crippen molar-refractivity contribution < 1.29 is 43.2 Å². The van der Waals surface area contributed by atoms with E-state index in [1.54, 1.807) is 84.8 Å². The summed E-state index contributed by atoms with van der Waals surface area (Å²) in [5, 5.41) is 17.8. The van der Waals surface area contributed by atoms with Crippen molar-refractivity contribution in [1.29, 1.82) is 0 Å². The van der Waals surface area contributed by atoms with Crippen LogP contribution < -0.4 is 29.7 Å². The summed E-state index contributed by atoms with van der Waals surface area (Å²) < 4.78 is 22.9. The summed E-state index contributed by atoms with van der Waals surface area (Å²) >= 11 is 3.21. The van der Waals surface area contributed by atoms with Gasteiger partial charge in [0.2, 0.25) is 11.8 Å². The number of benzene rings is 2. The highest BCUT2D eigenvalue weighted by molar-refractivity contribution is 7.17. The maximum Gasteiger partial charge on any atom is 0.240 e. The van der Waals surface area contributed by atoms with Crippen molar-refractivity contribution in [2.24, 2.45) is 5.10 Å². The number of pyridine rings is 2. The Bertz CT molecular complexity index is 2340. The van der Waals surface area contributed by atoms with Gasteiger partial charge < -0.3 is 29.4 Å². The second-order valence-corrected chi connectivity index (χ2v) is 13.9. The maximum atomic E-state index is 12.3. The maximum absolute atomic E-state index is 12.3. The molecule has 6 rings (SSSR count). The summed E-state index contributed by atoms with van der Waals surface area (Å²) in [6.45, 7) is 0.520. The first-order valence-electron chi connectivity index (χ1n) is 17.9. The van der Waals surface area contributed by atoms with Gasteiger partial charge in [-0.1, -0.05) is 0 Å². The number of nitrogens with zero attached hydrogens (tertiary/aromatic N) is 3. The van der Waals surface area contributed by atoms with Crippen molar-refractivity contribution in [1.82, 2.24) is 20.7 Å². The number of aliphatic hydroxyl groups is 1. The molecule has 0 atom stereocenters. The van der Waals surface area contributed by atoms with Gasteiger partial charge in [0.1, 0.15) is 0 Å². The standard InChI is InChI=1S/C21H22N2O4S.C20H19N3O4S.CH4O/c1-26-17-7-5-14(12-18(17)27-2)16(24)6-8-20(25)22-11-9-15-13-28-19-4-3-10-23-21(15)19;1-26-16-7-5-13(10-17(16)27-2)15(24)6-8-19(25)23-22-11-14-12-28-18-4-3-9-21-20(14)18;1-2/h3-5,7,10,12-13H,6,8-9,11H2,1-2H3,(H,22,25);3-5,7,9-12H,6,8H2,1-2H3,(H,23,25);2H,1H3/b;22-11+;. The zero-order valence-corrected chi connectivity index (χ0v) is 34.4. The number of carbonyl (C=O) groups excluding carboxylic acids is 4. The Hall–Kier alpha value is -6.23. The lowest BCUT2D eigenvalue weighted by Crippen LogP contribution is -2.26. The van der Waals surface area contributed by atoms with E-state index >= 15 is 0 Å². The van der Waals surface area contributed by atoms with Crippen LogP contribution in [0.4, 0.5) is 0 Å². The number of aliphatic hydroxyl groups excluding tert-OH is 1. The van der Waals surface area contributed by atoms with Gasteiger partial charge in [-0.3, -0.25) is 29.1 Å². The van der Waals surface area contributed by atoms with Crippen molar-refractivity contribution >= 4 is 72.7 Å².